The van der Waals surface area contributed by atoms with E-state index in [1.807, 2.05) is 23.5 Å². The minimum atomic E-state index is 0.452. The maximum Gasteiger partial charge on any atom is 0.0640 e. The van der Waals surface area contributed by atoms with Crippen molar-refractivity contribution in [3.8, 4) is 0 Å². The molecule has 1 aromatic heterocycles. The number of hydrogen-bond donors (Lipinski definition) is 1. The van der Waals surface area contributed by atoms with Crippen molar-refractivity contribution < 1.29 is 0 Å². The lowest BCUT2D eigenvalue weighted by Crippen LogP contribution is -2.28. The first-order valence-corrected chi connectivity index (χ1v) is 7.27. The van der Waals surface area contributed by atoms with Crippen LogP contribution < -0.4 is 5.32 Å². The third-order valence-electron chi connectivity index (χ3n) is 2.73. The molecule has 0 aromatic carbocycles. The van der Waals surface area contributed by atoms with Gasteiger partial charge in [0.2, 0.25) is 0 Å². The molecule has 92 valence electrons. The Balaban J connectivity index is 2.49. The highest BCUT2D eigenvalue weighted by molar-refractivity contribution is 7.98. The highest BCUT2D eigenvalue weighted by Gasteiger charge is 2.09. The molecule has 1 rings (SSSR count). The lowest BCUT2D eigenvalue weighted by Gasteiger charge is -2.14. The number of likely N-dealkylation sites (N-methyl/N-ethyl adjacent to an activating group) is 1. The first-order valence-electron chi connectivity index (χ1n) is 5.87. The average Bonchev–Trinajstić information content (AvgIpc) is 2.72. The highest BCUT2D eigenvalue weighted by atomic mass is 32.2. The molecule has 4 heteroatoms. The number of aromatic nitrogens is 2. The molecule has 1 aromatic rings. The van der Waals surface area contributed by atoms with Crippen molar-refractivity contribution in [1.82, 2.24) is 15.1 Å². The maximum atomic E-state index is 4.58. The predicted octanol–water partition coefficient (Wildman–Crippen LogP) is 2.35. The molecule has 1 heterocycles. The number of rotatable bonds is 7. The van der Waals surface area contributed by atoms with Gasteiger partial charge < -0.3 is 5.32 Å². The third kappa shape index (κ3) is 4.18. The van der Waals surface area contributed by atoms with Crippen LogP contribution in [0.25, 0.3) is 0 Å². The Morgan fingerprint density at radius 1 is 1.50 bits per heavy atom. The summed E-state index contributed by atoms with van der Waals surface area (Å²) in [6.45, 7) is 4.31. The first-order chi connectivity index (χ1) is 7.67. The van der Waals surface area contributed by atoms with Crippen molar-refractivity contribution in [2.24, 2.45) is 0 Å². The van der Waals surface area contributed by atoms with Crippen LogP contribution in [0.5, 0.6) is 0 Å². The molecular weight excluding hydrogens is 218 g/mol. The number of nitrogens with zero attached hydrogens (tertiary/aromatic N) is 2. The van der Waals surface area contributed by atoms with E-state index in [9.17, 15) is 0 Å². The molecule has 0 spiro atoms. The molecule has 0 fully saturated rings. The predicted molar refractivity (Wildman–Crippen MR) is 72.2 cm³/mol. The van der Waals surface area contributed by atoms with Gasteiger partial charge in [-0.1, -0.05) is 0 Å². The van der Waals surface area contributed by atoms with E-state index < -0.39 is 0 Å². The molecule has 0 radical (unpaired) electrons. The van der Waals surface area contributed by atoms with E-state index in [0.29, 0.717) is 12.1 Å². The topological polar surface area (TPSA) is 29.9 Å². The fraction of sp³-hybridized carbons (Fsp3) is 0.750. The largest absolute Gasteiger partial charge is 0.317 e. The van der Waals surface area contributed by atoms with Crippen LogP contribution in [0.4, 0.5) is 0 Å². The average molecular weight is 241 g/mol. The van der Waals surface area contributed by atoms with Crippen LogP contribution in [0.15, 0.2) is 12.3 Å². The minimum absolute atomic E-state index is 0.452. The van der Waals surface area contributed by atoms with Gasteiger partial charge in [-0.25, -0.2) is 0 Å². The number of nitrogens with one attached hydrogen (secondary N) is 1. The summed E-state index contributed by atoms with van der Waals surface area (Å²) in [4.78, 5) is 0. The van der Waals surface area contributed by atoms with Crippen LogP contribution in [-0.4, -0.2) is 34.9 Å². The summed E-state index contributed by atoms with van der Waals surface area (Å²) >= 11 is 1.90. The first kappa shape index (κ1) is 13.6. The summed E-state index contributed by atoms with van der Waals surface area (Å²) in [6, 6.07) is 3.12. The lowest BCUT2D eigenvalue weighted by atomic mass is 10.1. The number of hydrogen-bond acceptors (Lipinski definition) is 3. The molecule has 16 heavy (non-hydrogen) atoms. The third-order valence-corrected chi connectivity index (χ3v) is 3.37. The molecule has 0 amide bonds. The van der Waals surface area contributed by atoms with Crippen LogP contribution in [0.2, 0.25) is 0 Å². The smallest absolute Gasteiger partial charge is 0.0640 e. The maximum absolute atomic E-state index is 4.58. The Labute approximate surface area is 103 Å². The van der Waals surface area contributed by atoms with Crippen molar-refractivity contribution in [1.29, 1.82) is 0 Å². The Bertz CT molecular complexity index is 296. The van der Waals surface area contributed by atoms with Crippen molar-refractivity contribution in [3.05, 3.63) is 18.0 Å². The van der Waals surface area contributed by atoms with Gasteiger partial charge in [0.05, 0.1) is 5.69 Å². The van der Waals surface area contributed by atoms with Gasteiger partial charge in [-0.3, -0.25) is 4.68 Å². The summed E-state index contributed by atoms with van der Waals surface area (Å²) < 4.78 is 2.02. The standard InChI is InChI=1S/C12H23N3S/c1-10(2)15-7-5-12(14-15)9-11(13-3)6-8-16-4/h5,7,10-11,13H,6,8-9H2,1-4H3. The normalized spacial score (nSPS) is 13.3. The van der Waals surface area contributed by atoms with E-state index in [0.717, 1.165) is 6.42 Å². The summed E-state index contributed by atoms with van der Waals surface area (Å²) in [5.41, 5.74) is 1.19. The van der Waals surface area contributed by atoms with Gasteiger partial charge in [0.1, 0.15) is 0 Å². The van der Waals surface area contributed by atoms with Crippen molar-refractivity contribution >= 4 is 11.8 Å². The van der Waals surface area contributed by atoms with Gasteiger partial charge in [0, 0.05) is 24.7 Å². The fourth-order valence-electron chi connectivity index (χ4n) is 1.63. The molecule has 0 saturated carbocycles. The van der Waals surface area contributed by atoms with E-state index in [-0.39, 0.29) is 0 Å². The zero-order valence-corrected chi connectivity index (χ0v) is 11.5. The van der Waals surface area contributed by atoms with E-state index in [1.54, 1.807) is 0 Å². The second-order valence-electron chi connectivity index (χ2n) is 4.35. The molecule has 1 unspecified atom stereocenters. The highest BCUT2D eigenvalue weighted by Crippen LogP contribution is 2.09. The van der Waals surface area contributed by atoms with Crippen LogP contribution in [0.3, 0.4) is 0 Å². The SMILES string of the molecule is CNC(CCSC)Cc1ccn(C(C)C)n1. The van der Waals surface area contributed by atoms with Crippen LogP contribution in [-0.2, 0) is 6.42 Å². The summed E-state index contributed by atoms with van der Waals surface area (Å²) in [5.74, 6) is 1.20. The van der Waals surface area contributed by atoms with Crippen LogP contribution >= 0.6 is 11.8 Å². The molecule has 0 aliphatic carbocycles. The van der Waals surface area contributed by atoms with Gasteiger partial charge >= 0.3 is 0 Å². The fourth-order valence-corrected chi connectivity index (χ4v) is 2.16. The molecular formula is C12H23N3S. The zero-order valence-electron chi connectivity index (χ0n) is 10.7. The molecule has 0 saturated heterocycles. The van der Waals surface area contributed by atoms with E-state index in [2.05, 4.69) is 42.8 Å². The number of thioether (sulfide) groups is 1. The monoisotopic (exact) mass is 241 g/mol. The molecule has 1 N–H and O–H groups in total. The van der Waals surface area contributed by atoms with Gasteiger partial charge in [0.25, 0.3) is 0 Å². The van der Waals surface area contributed by atoms with Crippen molar-refractivity contribution in [2.75, 3.05) is 19.1 Å². The van der Waals surface area contributed by atoms with Crippen molar-refractivity contribution in [3.63, 3.8) is 0 Å². The van der Waals surface area contributed by atoms with E-state index >= 15 is 0 Å². The second kappa shape index (κ2) is 6.97. The quantitative estimate of drug-likeness (QED) is 0.795. The Morgan fingerprint density at radius 3 is 2.75 bits per heavy atom. The summed E-state index contributed by atoms with van der Waals surface area (Å²) in [6.07, 6.45) is 6.45. The molecule has 3 nitrogen and oxygen atoms in total. The van der Waals surface area contributed by atoms with E-state index in [4.69, 9.17) is 0 Å². The second-order valence-corrected chi connectivity index (χ2v) is 5.34. The molecule has 0 bridgehead atoms. The minimum Gasteiger partial charge on any atom is -0.317 e. The van der Waals surface area contributed by atoms with Gasteiger partial charge in [-0.15, -0.1) is 0 Å². The Morgan fingerprint density at radius 2 is 2.25 bits per heavy atom. The Kier molecular flexibility index (Phi) is 5.91. The molecule has 1 atom stereocenters. The van der Waals surface area contributed by atoms with Gasteiger partial charge in [-0.2, -0.15) is 16.9 Å². The Hall–Kier alpha value is -0.480. The van der Waals surface area contributed by atoms with Crippen molar-refractivity contribution in [2.45, 2.75) is 38.8 Å². The summed E-state index contributed by atoms with van der Waals surface area (Å²) in [7, 11) is 2.03. The van der Waals surface area contributed by atoms with Crippen LogP contribution in [0.1, 0.15) is 32.0 Å². The molecule has 0 aliphatic rings. The lowest BCUT2D eigenvalue weighted by molar-refractivity contribution is 0.505. The molecule has 0 aliphatic heterocycles. The zero-order chi connectivity index (χ0) is 12.0. The summed E-state index contributed by atoms with van der Waals surface area (Å²) in [5, 5.41) is 7.94. The van der Waals surface area contributed by atoms with Gasteiger partial charge in [-0.05, 0) is 45.4 Å². The van der Waals surface area contributed by atoms with Crippen LogP contribution in [0, 0.1) is 0 Å². The van der Waals surface area contributed by atoms with Gasteiger partial charge in [0.15, 0.2) is 0 Å². The van der Waals surface area contributed by atoms with E-state index in [1.165, 1.54) is 17.9 Å².